The van der Waals surface area contributed by atoms with E-state index in [0.717, 1.165) is 11.3 Å². The lowest BCUT2D eigenvalue weighted by molar-refractivity contribution is -0.121. The normalized spacial score (nSPS) is 11.4. The van der Waals surface area contributed by atoms with Gasteiger partial charge in [0, 0.05) is 12.1 Å². The van der Waals surface area contributed by atoms with Crippen molar-refractivity contribution in [3.8, 4) is 5.75 Å². The van der Waals surface area contributed by atoms with Crippen molar-refractivity contribution < 1.29 is 14.3 Å². The van der Waals surface area contributed by atoms with Crippen LogP contribution in [0, 0.1) is 0 Å². The number of ether oxygens (including phenoxy) is 1. The van der Waals surface area contributed by atoms with Gasteiger partial charge >= 0.3 is 6.03 Å². The summed E-state index contributed by atoms with van der Waals surface area (Å²) in [6.07, 6.45) is 1.05. The van der Waals surface area contributed by atoms with E-state index >= 15 is 0 Å². The first-order valence-electron chi connectivity index (χ1n) is 8.18. The summed E-state index contributed by atoms with van der Waals surface area (Å²) in [6.45, 7) is 2.41. The third kappa shape index (κ3) is 6.55. The average Bonchev–Trinajstić information content (AvgIpc) is 2.60. The Morgan fingerprint density at radius 2 is 1.76 bits per heavy atom. The van der Waals surface area contributed by atoms with Crippen LogP contribution >= 0.6 is 0 Å². The topological polar surface area (TPSA) is 93.4 Å². The van der Waals surface area contributed by atoms with Gasteiger partial charge in [-0.2, -0.15) is 0 Å². The van der Waals surface area contributed by atoms with E-state index in [1.807, 2.05) is 49.4 Å². The monoisotopic (exact) mass is 341 g/mol. The number of urea groups is 1. The smallest absolute Gasteiger partial charge is 0.316 e. The zero-order valence-electron chi connectivity index (χ0n) is 14.2. The second-order valence-electron chi connectivity index (χ2n) is 5.67. The van der Waals surface area contributed by atoms with Gasteiger partial charge in [-0.05, 0) is 43.2 Å². The van der Waals surface area contributed by atoms with Gasteiger partial charge in [-0.25, -0.2) is 4.79 Å². The summed E-state index contributed by atoms with van der Waals surface area (Å²) < 4.78 is 5.57. The minimum Gasteiger partial charge on any atom is -0.494 e. The minimum absolute atomic E-state index is 0.0245. The molecule has 0 saturated heterocycles. The number of carbonyl (C=O) groups is 2. The van der Waals surface area contributed by atoms with Crippen LogP contribution in [0.2, 0.25) is 0 Å². The number of carbonyl (C=O) groups excluding carboxylic acids is 2. The highest BCUT2D eigenvalue weighted by Gasteiger charge is 2.09. The molecule has 25 heavy (non-hydrogen) atoms. The lowest BCUT2D eigenvalue weighted by atomic mass is 10.1. The summed E-state index contributed by atoms with van der Waals surface area (Å²) in [5, 5.41) is 5.45. The Labute approximate surface area is 147 Å². The van der Waals surface area contributed by atoms with Crippen LogP contribution in [0.4, 0.5) is 10.5 Å². The third-order valence-electron chi connectivity index (χ3n) is 3.62. The van der Waals surface area contributed by atoms with E-state index in [9.17, 15) is 9.59 Å². The second-order valence-corrected chi connectivity index (χ2v) is 5.67. The summed E-state index contributed by atoms with van der Waals surface area (Å²) >= 11 is 0. The SMILES string of the molecule is C[C@H](NC(=O)CCCOc1ccccc1)c1ccc(NC(N)=O)cc1. The predicted octanol–water partition coefficient (Wildman–Crippen LogP) is 3.21. The number of primary amides is 1. The number of hydrogen-bond acceptors (Lipinski definition) is 3. The van der Waals surface area contributed by atoms with Gasteiger partial charge in [-0.3, -0.25) is 4.79 Å². The van der Waals surface area contributed by atoms with Gasteiger partial charge in [0.25, 0.3) is 0 Å². The summed E-state index contributed by atoms with van der Waals surface area (Å²) in [7, 11) is 0. The van der Waals surface area contributed by atoms with Crippen LogP contribution in [0.5, 0.6) is 5.75 Å². The second kappa shape index (κ2) is 9.32. The number of nitrogens with one attached hydrogen (secondary N) is 2. The minimum atomic E-state index is -0.605. The van der Waals surface area contributed by atoms with E-state index < -0.39 is 6.03 Å². The first kappa shape index (κ1) is 18.3. The van der Waals surface area contributed by atoms with Crippen LogP contribution in [0.1, 0.15) is 31.4 Å². The van der Waals surface area contributed by atoms with Crippen molar-refractivity contribution in [1.29, 1.82) is 0 Å². The molecule has 0 radical (unpaired) electrons. The van der Waals surface area contributed by atoms with Crippen LogP contribution < -0.4 is 21.1 Å². The molecular formula is C19H23N3O3. The Bertz CT molecular complexity index is 687. The van der Waals surface area contributed by atoms with Crippen LogP contribution in [-0.4, -0.2) is 18.5 Å². The van der Waals surface area contributed by atoms with Crippen LogP contribution in [0.25, 0.3) is 0 Å². The molecule has 0 aliphatic heterocycles. The highest BCUT2D eigenvalue weighted by Crippen LogP contribution is 2.16. The van der Waals surface area contributed by atoms with Crippen molar-refractivity contribution in [3.63, 3.8) is 0 Å². The number of benzene rings is 2. The first-order chi connectivity index (χ1) is 12.0. The van der Waals surface area contributed by atoms with E-state index in [-0.39, 0.29) is 11.9 Å². The van der Waals surface area contributed by atoms with Gasteiger partial charge in [-0.15, -0.1) is 0 Å². The molecule has 0 bridgehead atoms. The number of anilines is 1. The van der Waals surface area contributed by atoms with Crippen molar-refractivity contribution in [2.45, 2.75) is 25.8 Å². The maximum atomic E-state index is 12.0. The Morgan fingerprint density at radius 1 is 1.08 bits per heavy atom. The van der Waals surface area contributed by atoms with Gasteiger partial charge in [0.2, 0.25) is 5.91 Å². The zero-order chi connectivity index (χ0) is 18.1. The Balaban J connectivity index is 1.71. The van der Waals surface area contributed by atoms with Gasteiger partial charge in [0.15, 0.2) is 0 Å². The molecule has 0 saturated carbocycles. The predicted molar refractivity (Wildman–Crippen MR) is 97.4 cm³/mol. The van der Waals surface area contributed by atoms with Gasteiger partial charge in [0.05, 0.1) is 12.6 Å². The molecular weight excluding hydrogens is 318 g/mol. The number of hydrogen-bond donors (Lipinski definition) is 3. The van der Waals surface area contributed by atoms with E-state index in [0.29, 0.717) is 25.1 Å². The lowest BCUT2D eigenvalue weighted by Crippen LogP contribution is -2.26. The standard InChI is InChI=1S/C19H23N3O3/c1-14(15-9-11-16(12-10-15)22-19(20)24)21-18(23)8-5-13-25-17-6-3-2-4-7-17/h2-4,6-7,9-12,14H,5,8,13H2,1H3,(H,21,23)(H3,20,22,24)/t14-/m0/s1. The molecule has 6 nitrogen and oxygen atoms in total. The Morgan fingerprint density at radius 3 is 2.40 bits per heavy atom. The molecule has 4 N–H and O–H groups in total. The van der Waals surface area contributed by atoms with Gasteiger partial charge < -0.3 is 21.1 Å². The Hall–Kier alpha value is -3.02. The third-order valence-corrected chi connectivity index (χ3v) is 3.62. The fourth-order valence-electron chi connectivity index (χ4n) is 2.33. The molecule has 2 aromatic rings. The molecule has 0 aliphatic carbocycles. The highest BCUT2D eigenvalue weighted by atomic mass is 16.5. The molecule has 6 heteroatoms. The molecule has 0 aromatic heterocycles. The van der Waals surface area contributed by atoms with Crippen molar-refractivity contribution in [2.24, 2.45) is 5.73 Å². The maximum absolute atomic E-state index is 12.0. The van der Waals surface area contributed by atoms with Crippen LogP contribution in [0.15, 0.2) is 54.6 Å². The molecule has 0 unspecified atom stereocenters. The zero-order valence-corrected chi connectivity index (χ0v) is 14.2. The number of para-hydroxylation sites is 1. The van der Waals surface area contributed by atoms with E-state index in [4.69, 9.17) is 10.5 Å². The van der Waals surface area contributed by atoms with Crippen molar-refractivity contribution in [3.05, 3.63) is 60.2 Å². The largest absolute Gasteiger partial charge is 0.494 e. The summed E-state index contributed by atoms with van der Waals surface area (Å²) in [5.74, 6) is 0.782. The fourth-order valence-corrected chi connectivity index (χ4v) is 2.33. The highest BCUT2D eigenvalue weighted by molar-refractivity contribution is 5.87. The lowest BCUT2D eigenvalue weighted by Gasteiger charge is -2.15. The van der Waals surface area contributed by atoms with Crippen molar-refractivity contribution in [2.75, 3.05) is 11.9 Å². The summed E-state index contributed by atoms with van der Waals surface area (Å²) in [4.78, 5) is 22.8. The maximum Gasteiger partial charge on any atom is 0.316 e. The molecule has 1 atom stereocenters. The number of amides is 3. The molecule has 132 valence electrons. The number of nitrogens with two attached hydrogens (primary N) is 1. The van der Waals surface area contributed by atoms with Crippen LogP contribution in [-0.2, 0) is 4.79 Å². The first-order valence-corrected chi connectivity index (χ1v) is 8.18. The molecule has 0 spiro atoms. The molecule has 0 heterocycles. The van der Waals surface area contributed by atoms with Crippen LogP contribution in [0.3, 0.4) is 0 Å². The van der Waals surface area contributed by atoms with E-state index in [1.54, 1.807) is 12.1 Å². The summed E-state index contributed by atoms with van der Waals surface area (Å²) in [5.41, 5.74) is 6.63. The Kier molecular flexibility index (Phi) is 6.83. The van der Waals surface area contributed by atoms with E-state index in [2.05, 4.69) is 10.6 Å². The average molecular weight is 341 g/mol. The van der Waals surface area contributed by atoms with Crippen molar-refractivity contribution >= 4 is 17.6 Å². The van der Waals surface area contributed by atoms with Gasteiger partial charge in [0.1, 0.15) is 5.75 Å². The van der Waals surface area contributed by atoms with E-state index in [1.165, 1.54) is 0 Å². The van der Waals surface area contributed by atoms with Crippen molar-refractivity contribution in [1.82, 2.24) is 5.32 Å². The molecule has 0 aliphatic rings. The summed E-state index contributed by atoms with van der Waals surface area (Å²) in [6, 6.07) is 16.0. The number of rotatable bonds is 8. The quantitative estimate of drug-likeness (QED) is 0.644. The fraction of sp³-hybridized carbons (Fsp3) is 0.263. The molecule has 2 aromatic carbocycles. The molecule has 2 rings (SSSR count). The molecule has 3 amide bonds. The van der Waals surface area contributed by atoms with Gasteiger partial charge in [-0.1, -0.05) is 30.3 Å². The molecule has 0 fully saturated rings.